The fraction of sp³-hybridized carbons (Fsp3) is 0.176. The number of nitro benzene ring substituents is 1. The van der Waals surface area contributed by atoms with E-state index in [-0.39, 0.29) is 16.8 Å². The zero-order chi connectivity index (χ0) is 18.4. The zero-order valence-corrected chi connectivity index (χ0v) is 13.6. The van der Waals surface area contributed by atoms with Crippen molar-refractivity contribution in [1.82, 2.24) is 0 Å². The van der Waals surface area contributed by atoms with Crippen LogP contribution in [0.1, 0.15) is 20.7 Å². The van der Waals surface area contributed by atoms with Crippen LogP contribution in [0.15, 0.2) is 42.5 Å². The molecular weight excluding hydrogens is 330 g/mol. The van der Waals surface area contributed by atoms with E-state index in [0.717, 1.165) is 0 Å². The van der Waals surface area contributed by atoms with Crippen LogP contribution in [0.2, 0.25) is 0 Å². The fourth-order valence-electron chi connectivity index (χ4n) is 2.04. The van der Waals surface area contributed by atoms with Gasteiger partial charge in [0.2, 0.25) is 5.78 Å². The standard InChI is InChI=1S/C17H15NO7/c1-23-13-7-8-14(16(9-13)24-2)15(19)10-25-17(20)11-3-5-12(6-4-11)18(21)22/h3-9H,10H2,1-2H3. The van der Waals surface area contributed by atoms with Crippen molar-refractivity contribution in [2.24, 2.45) is 0 Å². The average molecular weight is 345 g/mol. The summed E-state index contributed by atoms with van der Waals surface area (Å²) in [4.78, 5) is 34.1. The summed E-state index contributed by atoms with van der Waals surface area (Å²) in [6.45, 7) is -0.488. The number of hydrogen-bond donors (Lipinski definition) is 0. The van der Waals surface area contributed by atoms with Crippen molar-refractivity contribution in [3.8, 4) is 11.5 Å². The summed E-state index contributed by atoms with van der Waals surface area (Å²) < 4.78 is 15.1. The minimum Gasteiger partial charge on any atom is -0.497 e. The minimum absolute atomic E-state index is 0.111. The predicted molar refractivity (Wildman–Crippen MR) is 87.3 cm³/mol. The third-order valence-corrected chi connectivity index (χ3v) is 3.36. The van der Waals surface area contributed by atoms with Crippen LogP contribution < -0.4 is 9.47 Å². The maximum Gasteiger partial charge on any atom is 0.338 e. The quantitative estimate of drug-likeness (QED) is 0.329. The van der Waals surface area contributed by atoms with Crippen LogP contribution in [0.25, 0.3) is 0 Å². The van der Waals surface area contributed by atoms with Crippen LogP contribution in [0, 0.1) is 10.1 Å². The van der Waals surface area contributed by atoms with E-state index in [1.54, 1.807) is 12.1 Å². The first-order chi connectivity index (χ1) is 12.0. The molecule has 0 heterocycles. The molecule has 0 saturated heterocycles. The number of Topliss-reactive ketones (excluding diaryl/α,β-unsaturated/α-hetero) is 1. The molecule has 2 aromatic carbocycles. The van der Waals surface area contributed by atoms with Gasteiger partial charge in [0.1, 0.15) is 11.5 Å². The maximum absolute atomic E-state index is 12.2. The SMILES string of the molecule is COc1ccc(C(=O)COC(=O)c2ccc([N+](=O)[O-])cc2)c(OC)c1. The van der Waals surface area contributed by atoms with Gasteiger partial charge in [-0.3, -0.25) is 14.9 Å². The van der Waals surface area contributed by atoms with Crippen molar-refractivity contribution < 1.29 is 28.7 Å². The summed E-state index contributed by atoms with van der Waals surface area (Å²) in [5, 5.41) is 10.6. The van der Waals surface area contributed by atoms with Crippen LogP contribution in [-0.4, -0.2) is 37.5 Å². The normalized spacial score (nSPS) is 10.0. The van der Waals surface area contributed by atoms with Gasteiger partial charge < -0.3 is 14.2 Å². The molecule has 0 radical (unpaired) electrons. The van der Waals surface area contributed by atoms with Gasteiger partial charge in [-0.15, -0.1) is 0 Å². The molecule has 0 aliphatic heterocycles. The van der Waals surface area contributed by atoms with Gasteiger partial charge in [0.15, 0.2) is 6.61 Å². The van der Waals surface area contributed by atoms with Crippen molar-refractivity contribution in [1.29, 1.82) is 0 Å². The molecule has 0 unspecified atom stereocenters. The molecule has 0 fully saturated rings. The highest BCUT2D eigenvalue weighted by molar-refractivity contribution is 6.01. The highest BCUT2D eigenvalue weighted by Crippen LogP contribution is 2.25. The van der Waals surface area contributed by atoms with Gasteiger partial charge in [0.25, 0.3) is 5.69 Å². The van der Waals surface area contributed by atoms with Gasteiger partial charge in [-0.2, -0.15) is 0 Å². The number of ether oxygens (including phenoxy) is 3. The number of ketones is 1. The third kappa shape index (κ3) is 4.31. The van der Waals surface area contributed by atoms with Gasteiger partial charge in [-0.05, 0) is 24.3 Å². The average Bonchev–Trinajstić information content (AvgIpc) is 2.65. The van der Waals surface area contributed by atoms with Crippen molar-refractivity contribution in [2.45, 2.75) is 0 Å². The zero-order valence-electron chi connectivity index (χ0n) is 13.6. The molecule has 0 saturated carbocycles. The highest BCUT2D eigenvalue weighted by atomic mass is 16.6. The number of benzene rings is 2. The first-order valence-electron chi connectivity index (χ1n) is 7.13. The Labute approximate surface area is 143 Å². The Morgan fingerprint density at radius 2 is 1.72 bits per heavy atom. The van der Waals surface area contributed by atoms with Crippen molar-refractivity contribution in [3.05, 3.63) is 63.7 Å². The van der Waals surface area contributed by atoms with E-state index in [1.165, 1.54) is 44.6 Å². The van der Waals surface area contributed by atoms with Crippen molar-refractivity contribution in [2.75, 3.05) is 20.8 Å². The van der Waals surface area contributed by atoms with E-state index in [9.17, 15) is 19.7 Å². The Morgan fingerprint density at radius 3 is 2.28 bits per heavy atom. The molecule has 0 N–H and O–H groups in total. The molecular formula is C17H15NO7. The van der Waals surface area contributed by atoms with Crippen LogP contribution in [-0.2, 0) is 4.74 Å². The van der Waals surface area contributed by atoms with Gasteiger partial charge in [0.05, 0.1) is 30.3 Å². The third-order valence-electron chi connectivity index (χ3n) is 3.36. The molecule has 0 aliphatic carbocycles. The van der Waals surface area contributed by atoms with E-state index >= 15 is 0 Å². The van der Waals surface area contributed by atoms with Crippen LogP contribution in [0.5, 0.6) is 11.5 Å². The Morgan fingerprint density at radius 1 is 1.04 bits per heavy atom. The number of nitrogens with zero attached hydrogens (tertiary/aromatic N) is 1. The van der Waals surface area contributed by atoms with Crippen LogP contribution >= 0.6 is 0 Å². The summed E-state index contributed by atoms with van der Waals surface area (Å²) >= 11 is 0. The molecule has 130 valence electrons. The Bertz CT molecular complexity index is 799. The van der Waals surface area contributed by atoms with E-state index in [2.05, 4.69) is 0 Å². The molecule has 8 heteroatoms. The number of hydrogen-bond acceptors (Lipinski definition) is 7. The van der Waals surface area contributed by atoms with E-state index in [0.29, 0.717) is 11.5 Å². The van der Waals surface area contributed by atoms with Crippen LogP contribution in [0.3, 0.4) is 0 Å². The second-order valence-electron chi connectivity index (χ2n) is 4.87. The number of methoxy groups -OCH3 is 2. The maximum atomic E-state index is 12.2. The number of non-ortho nitro benzene ring substituents is 1. The van der Waals surface area contributed by atoms with Crippen molar-refractivity contribution >= 4 is 17.4 Å². The highest BCUT2D eigenvalue weighted by Gasteiger charge is 2.17. The smallest absolute Gasteiger partial charge is 0.338 e. The number of nitro groups is 1. The monoisotopic (exact) mass is 345 g/mol. The summed E-state index contributed by atoms with van der Waals surface area (Å²) in [5.41, 5.74) is 0.218. The Balaban J connectivity index is 2.04. The summed E-state index contributed by atoms with van der Waals surface area (Å²) in [6, 6.07) is 9.55. The molecule has 0 spiro atoms. The largest absolute Gasteiger partial charge is 0.497 e. The lowest BCUT2D eigenvalue weighted by molar-refractivity contribution is -0.384. The summed E-state index contributed by atoms with van der Waals surface area (Å²) in [5.74, 6) is -0.377. The van der Waals surface area contributed by atoms with Gasteiger partial charge >= 0.3 is 5.97 Å². The molecule has 0 aliphatic rings. The lowest BCUT2D eigenvalue weighted by atomic mass is 10.1. The number of carbonyl (C=O) groups is 2. The molecule has 2 rings (SSSR count). The number of esters is 1. The molecule has 25 heavy (non-hydrogen) atoms. The fourth-order valence-corrected chi connectivity index (χ4v) is 2.04. The van der Waals surface area contributed by atoms with Crippen LogP contribution in [0.4, 0.5) is 5.69 Å². The number of rotatable bonds is 7. The predicted octanol–water partition coefficient (Wildman–Crippen LogP) is 2.65. The number of carbonyl (C=O) groups excluding carboxylic acids is 2. The molecule has 2 aromatic rings. The van der Waals surface area contributed by atoms with Gasteiger partial charge in [-0.25, -0.2) is 4.79 Å². The van der Waals surface area contributed by atoms with E-state index in [1.807, 2.05) is 0 Å². The van der Waals surface area contributed by atoms with Gasteiger partial charge in [0, 0.05) is 18.2 Å². The summed E-state index contributed by atoms with van der Waals surface area (Å²) in [7, 11) is 2.90. The first kappa shape index (κ1) is 17.9. The molecule has 0 bridgehead atoms. The van der Waals surface area contributed by atoms with E-state index in [4.69, 9.17) is 14.2 Å². The lowest BCUT2D eigenvalue weighted by Gasteiger charge is -2.10. The lowest BCUT2D eigenvalue weighted by Crippen LogP contribution is -2.15. The van der Waals surface area contributed by atoms with Gasteiger partial charge in [-0.1, -0.05) is 0 Å². The second-order valence-corrected chi connectivity index (χ2v) is 4.87. The molecule has 8 nitrogen and oxygen atoms in total. The Hall–Kier alpha value is -3.42. The topological polar surface area (TPSA) is 105 Å². The molecule has 0 atom stereocenters. The Kier molecular flexibility index (Phi) is 5.67. The van der Waals surface area contributed by atoms with Crippen molar-refractivity contribution in [3.63, 3.8) is 0 Å². The van der Waals surface area contributed by atoms with E-state index < -0.39 is 23.3 Å². The first-order valence-corrected chi connectivity index (χ1v) is 7.13. The summed E-state index contributed by atoms with van der Waals surface area (Å²) in [6.07, 6.45) is 0. The molecule has 0 amide bonds. The molecule has 0 aromatic heterocycles. The second kappa shape index (κ2) is 7.91. The minimum atomic E-state index is -0.754.